The summed E-state index contributed by atoms with van der Waals surface area (Å²) in [5.74, 6) is 1.65. The smallest absolute Gasteiger partial charge is 0.131 e. The molecule has 0 atom stereocenters. The summed E-state index contributed by atoms with van der Waals surface area (Å²) in [6.45, 7) is 0. The van der Waals surface area contributed by atoms with Crippen molar-refractivity contribution >= 4 is 15.9 Å². The molecule has 2 saturated carbocycles. The Labute approximate surface area is 104 Å². The molecule has 0 unspecified atom stereocenters. The van der Waals surface area contributed by atoms with E-state index in [1.54, 1.807) is 0 Å². The highest BCUT2D eigenvalue weighted by molar-refractivity contribution is 9.10. The largest absolute Gasteiger partial charge is 0.325 e. The van der Waals surface area contributed by atoms with Gasteiger partial charge in [-0.2, -0.15) is 0 Å². The first-order chi connectivity index (χ1) is 7.66. The molecule has 86 valence electrons. The highest BCUT2D eigenvalue weighted by Crippen LogP contribution is 2.39. The average Bonchev–Trinajstić information content (AvgIpc) is 3.13. The molecule has 16 heavy (non-hydrogen) atoms. The van der Waals surface area contributed by atoms with Crippen LogP contribution in [0.15, 0.2) is 10.7 Å². The molecule has 1 aromatic heterocycles. The van der Waals surface area contributed by atoms with Crippen molar-refractivity contribution in [1.29, 1.82) is 0 Å². The van der Waals surface area contributed by atoms with Crippen LogP contribution in [0.2, 0.25) is 0 Å². The molecule has 0 aliphatic heterocycles. The quantitative estimate of drug-likeness (QED) is 0.923. The maximum atomic E-state index is 6.10. The average molecular weight is 282 g/mol. The lowest BCUT2D eigenvalue weighted by atomic mass is 10.1. The van der Waals surface area contributed by atoms with Crippen LogP contribution in [0, 0.1) is 0 Å². The molecule has 0 bridgehead atoms. The Bertz CT molecular complexity index is 411. The number of halogens is 1. The summed E-state index contributed by atoms with van der Waals surface area (Å²) in [5.41, 5.74) is 7.34. The third kappa shape index (κ3) is 2.28. The number of nitrogens with zero attached hydrogens (tertiary/aromatic N) is 2. The van der Waals surface area contributed by atoms with Crippen molar-refractivity contribution in [2.45, 2.75) is 50.0 Å². The normalized spacial score (nSPS) is 22.1. The Morgan fingerprint density at radius 1 is 1.44 bits per heavy atom. The Balaban J connectivity index is 1.73. The third-order valence-electron chi connectivity index (χ3n) is 3.53. The molecule has 3 rings (SSSR count). The number of nitrogens with two attached hydrogens (primary N) is 1. The van der Waals surface area contributed by atoms with Crippen molar-refractivity contribution in [2.75, 3.05) is 0 Å². The fourth-order valence-electron chi connectivity index (χ4n) is 1.91. The van der Waals surface area contributed by atoms with E-state index in [1.807, 2.05) is 6.20 Å². The summed E-state index contributed by atoms with van der Waals surface area (Å²) in [7, 11) is 0. The topological polar surface area (TPSA) is 51.8 Å². The summed E-state index contributed by atoms with van der Waals surface area (Å²) in [6.07, 6.45) is 8.76. The van der Waals surface area contributed by atoms with Crippen molar-refractivity contribution in [3.63, 3.8) is 0 Å². The van der Waals surface area contributed by atoms with E-state index < -0.39 is 0 Å². The minimum Gasteiger partial charge on any atom is -0.325 e. The lowest BCUT2D eigenvalue weighted by Crippen LogP contribution is -2.22. The zero-order chi connectivity index (χ0) is 11.2. The van der Waals surface area contributed by atoms with Gasteiger partial charge in [-0.3, -0.25) is 0 Å². The van der Waals surface area contributed by atoms with Gasteiger partial charge in [0.15, 0.2) is 0 Å². The van der Waals surface area contributed by atoms with Gasteiger partial charge in [-0.1, -0.05) is 0 Å². The highest BCUT2D eigenvalue weighted by Gasteiger charge is 2.37. The fourth-order valence-corrected chi connectivity index (χ4v) is 2.30. The monoisotopic (exact) mass is 281 g/mol. The van der Waals surface area contributed by atoms with Crippen LogP contribution in [0.5, 0.6) is 0 Å². The molecule has 3 nitrogen and oxygen atoms in total. The van der Waals surface area contributed by atoms with E-state index in [9.17, 15) is 0 Å². The molecule has 0 saturated heterocycles. The van der Waals surface area contributed by atoms with E-state index in [0.717, 1.165) is 28.8 Å². The molecular formula is C12H16BrN3. The van der Waals surface area contributed by atoms with Gasteiger partial charge < -0.3 is 5.73 Å². The van der Waals surface area contributed by atoms with E-state index in [0.29, 0.717) is 5.92 Å². The number of aromatic nitrogens is 2. The molecule has 1 heterocycles. The van der Waals surface area contributed by atoms with Gasteiger partial charge in [-0.25, -0.2) is 9.97 Å². The summed E-state index contributed by atoms with van der Waals surface area (Å²) in [6, 6.07) is 0. The van der Waals surface area contributed by atoms with Crippen LogP contribution in [0.3, 0.4) is 0 Å². The second kappa shape index (κ2) is 3.77. The highest BCUT2D eigenvalue weighted by atomic mass is 79.9. The lowest BCUT2D eigenvalue weighted by molar-refractivity contribution is 0.599. The van der Waals surface area contributed by atoms with Gasteiger partial charge in [0.25, 0.3) is 0 Å². The molecule has 0 amide bonds. The molecule has 1 aromatic rings. The fraction of sp³-hybridized carbons (Fsp3) is 0.667. The van der Waals surface area contributed by atoms with E-state index >= 15 is 0 Å². The summed E-state index contributed by atoms with van der Waals surface area (Å²) >= 11 is 3.52. The van der Waals surface area contributed by atoms with Gasteiger partial charge in [-0.05, 0) is 54.5 Å². The van der Waals surface area contributed by atoms with Gasteiger partial charge in [0.2, 0.25) is 0 Å². The number of rotatable bonds is 4. The van der Waals surface area contributed by atoms with Crippen LogP contribution >= 0.6 is 15.9 Å². The van der Waals surface area contributed by atoms with Crippen molar-refractivity contribution < 1.29 is 0 Å². The Kier molecular flexibility index (Phi) is 2.51. The van der Waals surface area contributed by atoms with Crippen LogP contribution in [0.4, 0.5) is 0 Å². The van der Waals surface area contributed by atoms with Crippen molar-refractivity contribution in [3.05, 3.63) is 22.2 Å². The second-order valence-electron chi connectivity index (χ2n) is 5.16. The predicted octanol–water partition coefficient (Wildman–Crippen LogP) is 2.54. The van der Waals surface area contributed by atoms with Crippen LogP contribution in [0.25, 0.3) is 0 Å². The molecule has 2 aliphatic rings. The first-order valence-corrected chi connectivity index (χ1v) is 6.76. The second-order valence-corrected chi connectivity index (χ2v) is 6.01. The summed E-state index contributed by atoms with van der Waals surface area (Å²) < 4.78 is 1.03. The zero-order valence-corrected chi connectivity index (χ0v) is 10.8. The SMILES string of the molecule is NC1(CCc2nc(C3CC3)ncc2Br)CC1. The minimum absolute atomic E-state index is 0.115. The van der Waals surface area contributed by atoms with Crippen LogP contribution in [-0.4, -0.2) is 15.5 Å². The maximum Gasteiger partial charge on any atom is 0.131 e. The Morgan fingerprint density at radius 3 is 2.81 bits per heavy atom. The van der Waals surface area contributed by atoms with Gasteiger partial charge in [-0.15, -0.1) is 0 Å². The molecule has 0 spiro atoms. The van der Waals surface area contributed by atoms with Crippen molar-refractivity contribution in [3.8, 4) is 0 Å². The van der Waals surface area contributed by atoms with Gasteiger partial charge in [0.1, 0.15) is 5.82 Å². The molecule has 2 aliphatic carbocycles. The van der Waals surface area contributed by atoms with Crippen molar-refractivity contribution in [2.24, 2.45) is 5.73 Å². The first-order valence-electron chi connectivity index (χ1n) is 5.96. The maximum absolute atomic E-state index is 6.10. The van der Waals surface area contributed by atoms with Crippen molar-refractivity contribution in [1.82, 2.24) is 9.97 Å². The number of hydrogen-bond acceptors (Lipinski definition) is 3. The van der Waals surface area contributed by atoms with E-state index in [-0.39, 0.29) is 5.54 Å². The number of aryl methyl sites for hydroxylation is 1. The van der Waals surface area contributed by atoms with Gasteiger partial charge in [0, 0.05) is 17.7 Å². The third-order valence-corrected chi connectivity index (χ3v) is 4.19. The summed E-state index contributed by atoms with van der Waals surface area (Å²) in [5, 5.41) is 0. The standard InChI is InChI=1S/C12H16BrN3/c13-9-7-15-11(8-1-2-8)16-10(9)3-4-12(14)5-6-12/h7-8H,1-6,14H2. The predicted molar refractivity (Wildman–Crippen MR) is 66.2 cm³/mol. The van der Waals surface area contributed by atoms with E-state index in [2.05, 4.69) is 25.9 Å². The molecule has 4 heteroatoms. The molecular weight excluding hydrogens is 266 g/mol. The molecule has 2 N–H and O–H groups in total. The van der Waals surface area contributed by atoms with Crippen LogP contribution < -0.4 is 5.73 Å². The van der Waals surface area contributed by atoms with Crippen LogP contribution in [-0.2, 0) is 6.42 Å². The zero-order valence-electron chi connectivity index (χ0n) is 9.25. The minimum atomic E-state index is 0.115. The lowest BCUT2D eigenvalue weighted by Gasteiger charge is -2.09. The van der Waals surface area contributed by atoms with Gasteiger partial charge >= 0.3 is 0 Å². The molecule has 0 radical (unpaired) electrons. The molecule has 0 aromatic carbocycles. The molecule has 2 fully saturated rings. The Morgan fingerprint density at radius 2 is 2.19 bits per heavy atom. The first kappa shape index (κ1) is 10.7. The summed E-state index contributed by atoms with van der Waals surface area (Å²) in [4.78, 5) is 9.02. The van der Waals surface area contributed by atoms with Gasteiger partial charge in [0.05, 0.1) is 10.2 Å². The van der Waals surface area contributed by atoms with E-state index in [4.69, 9.17) is 5.73 Å². The Hall–Kier alpha value is -0.480. The van der Waals surface area contributed by atoms with E-state index in [1.165, 1.54) is 25.7 Å². The number of hydrogen-bond donors (Lipinski definition) is 1. The van der Waals surface area contributed by atoms with Crippen LogP contribution in [0.1, 0.15) is 49.5 Å².